The molecule has 0 aromatic carbocycles. The monoisotopic (exact) mass is 192 g/mol. The van der Waals surface area contributed by atoms with Gasteiger partial charge in [0, 0.05) is 5.69 Å². The van der Waals surface area contributed by atoms with Crippen molar-refractivity contribution in [3.05, 3.63) is 22.9 Å². The third-order valence-electron chi connectivity index (χ3n) is 1.70. The van der Waals surface area contributed by atoms with Crippen molar-refractivity contribution in [2.75, 3.05) is 5.75 Å². The summed E-state index contributed by atoms with van der Waals surface area (Å²) in [5.41, 5.74) is 2.72. The second-order valence-electron chi connectivity index (χ2n) is 2.81. The maximum absolute atomic E-state index is 8.91. The smallest absolute Gasteiger partial charge is 0.114 e. The van der Waals surface area contributed by atoms with Gasteiger partial charge in [0.05, 0.1) is 5.56 Å². The largest absolute Gasteiger partial charge is 0.245 e. The Morgan fingerprint density at radius 3 is 2.77 bits per heavy atom. The lowest BCUT2D eigenvalue weighted by molar-refractivity contribution is 1.03. The molecule has 1 heterocycles. The van der Waals surface area contributed by atoms with E-state index in [0.29, 0.717) is 0 Å². The Balaban J connectivity index is 3.23. The first-order valence-electron chi connectivity index (χ1n) is 4.20. The van der Waals surface area contributed by atoms with Gasteiger partial charge in [0.25, 0.3) is 0 Å². The third-order valence-corrected chi connectivity index (χ3v) is 2.56. The topological polar surface area (TPSA) is 36.7 Å². The molecule has 0 spiro atoms. The number of pyridine rings is 1. The second kappa shape index (κ2) is 4.29. The van der Waals surface area contributed by atoms with Gasteiger partial charge in [0.1, 0.15) is 11.1 Å². The van der Waals surface area contributed by atoms with Gasteiger partial charge >= 0.3 is 0 Å². The van der Waals surface area contributed by atoms with Gasteiger partial charge in [0.15, 0.2) is 0 Å². The fraction of sp³-hybridized carbons (Fsp3) is 0.400. The summed E-state index contributed by atoms with van der Waals surface area (Å²) in [6, 6.07) is 4.14. The highest BCUT2D eigenvalue weighted by Gasteiger charge is 2.07. The predicted octanol–water partition coefficient (Wildman–Crippen LogP) is 2.68. The Morgan fingerprint density at radius 1 is 1.54 bits per heavy atom. The van der Waals surface area contributed by atoms with E-state index in [1.165, 1.54) is 0 Å². The first-order valence-corrected chi connectivity index (χ1v) is 5.18. The summed E-state index contributed by atoms with van der Waals surface area (Å²) >= 11 is 1.62. The van der Waals surface area contributed by atoms with Gasteiger partial charge in [0.2, 0.25) is 0 Å². The van der Waals surface area contributed by atoms with E-state index in [1.807, 2.05) is 19.9 Å². The highest BCUT2D eigenvalue weighted by Crippen LogP contribution is 2.22. The molecule has 1 aromatic heterocycles. The molecular formula is C10H12N2S. The van der Waals surface area contributed by atoms with Crippen LogP contribution in [0.5, 0.6) is 0 Å². The molecule has 0 amide bonds. The van der Waals surface area contributed by atoms with Crippen molar-refractivity contribution >= 4 is 11.8 Å². The molecule has 0 aliphatic rings. The number of aryl methyl sites for hydroxylation is 2. The highest BCUT2D eigenvalue weighted by atomic mass is 32.2. The van der Waals surface area contributed by atoms with E-state index >= 15 is 0 Å². The molecule has 3 heteroatoms. The molecule has 0 aliphatic carbocycles. The first-order chi connectivity index (χ1) is 6.19. The third kappa shape index (κ3) is 2.22. The summed E-state index contributed by atoms with van der Waals surface area (Å²) in [6.07, 6.45) is 0. The van der Waals surface area contributed by atoms with Gasteiger partial charge in [-0.2, -0.15) is 5.26 Å². The van der Waals surface area contributed by atoms with Crippen molar-refractivity contribution in [2.45, 2.75) is 25.8 Å². The van der Waals surface area contributed by atoms with Crippen molar-refractivity contribution < 1.29 is 0 Å². The lowest BCUT2D eigenvalue weighted by Crippen LogP contribution is -1.94. The van der Waals surface area contributed by atoms with Crippen LogP contribution in [0.3, 0.4) is 0 Å². The summed E-state index contributed by atoms with van der Waals surface area (Å²) in [5.74, 6) is 0.949. The van der Waals surface area contributed by atoms with E-state index in [9.17, 15) is 0 Å². The normalized spacial score (nSPS) is 9.69. The summed E-state index contributed by atoms with van der Waals surface area (Å²) in [4.78, 5) is 4.34. The molecule has 0 aliphatic heterocycles. The van der Waals surface area contributed by atoms with Crippen LogP contribution < -0.4 is 0 Å². The van der Waals surface area contributed by atoms with Crippen molar-refractivity contribution in [3.63, 3.8) is 0 Å². The second-order valence-corrected chi connectivity index (χ2v) is 4.06. The van der Waals surface area contributed by atoms with Gasteiger partial charge < -0.3 is 0 Å². The zero-order valence-electron chi connectivity index (χ0n) is 8.09. The van der Waals surface area contributed by atoms with E-state index in [2.05, 4.69) is 18.0 Å². The van der Waals surface area contributed by atoms with Crippen LogP contribution in [0.25, 0.3) is 0 Å². The number of thioether (sulfide) groups is 1. The van der Waals surface area contributed by atoms with E-state index < -0.39 is 0 Å². The van der Waals surface area contributed by atoms with Gasteiger partial charge in [-0.05, 0) is 31.2 Å². The number of nitriles is 1. The Bertz CT molecular complexity index is 353. The molecule has 0 bridgehead atoms. The van der Waals surface area contributed by atoms with Crippen LogP contribution >= 0.6 is 11.8 Å². The molecule has 13 heavy (non-hydrogen) atoms. The standard InChI is InChI=1S/C10H12N2S/c1-4-13-10-9(6-11)7(2)5-8(3)12-10/h5H,4H2,1-3H3. The molecule has 0 unspecified atom stereocenters. The molecule has 0 atom stereocenters. The lowest BCUT2D eigenvalue weighted by Gasteiger charge is -2.05. The minimum atomic E-state index is 0.720. The minimum Gasteiger partial charge on any atom is -0.245 e. The molecule has 0 saturated carbocycles. The molecule has 2 nitrogen and oxygen atoms in total. The average molecular weight is 192 g/mol. The molecule has 1 aromatic rings. The van der Waals surface area contributed by atoms with Crippen LogP contribution in [0.15, 0.2) is 11.1 Å². The van der Waals surface area contributed by atoms with Crippen LogP contribution in [-0.4, -0.2) is 10.7 Å². The van der Waals surface area contributed by atoms with Gasteiger partial charge in [-0.1, -0.05) is 6.92 Å². The molecule has 0 N–H and O–H groups in total. The molecular weight excluding hydrogens is 180 g/mol. The Kier molecular flexibility index (Phi) is 3.32. The maximum Gasteiger partial charge on any atom is 0.114 e. The van der Waals surface area contributed by atoms with Crippen molar-refractivity contribution in [1.29, 1.82) is 5.26 Å². The van der Waals surface area contributed by atoms with E-state index in [-0.39, 0.29) is 0 Å². The maximum atomic E-state index is 8.91. The van der Waals surface area contributed by atoms with Gasteiger partial charge in [-0.3, -0.25) is 0 Å². The van der Waals surface area contributed by atoms with Crippen molar-refractivity contribution in [3.8, 4) is 6.07 Å². The molecule has 68 valence electrons. The number of rotatable bonds is 2. The molecule has 0 radical (unpaired) electrons. The Morgan fingerprint density at radius 2 is 2.23 bits per heavy atom. The van der Waals surface area contributed by atoms with Crippen molar-refractivity contribution in [2.24, 2.45) is 0 Å². The quantitative estimate of drug-likeness (QED) is 0.676. The predicted molar refractivity (Wildman–Crippen MR) is 54.8 cm³/mol. The summed E-state index contributed by atoms with van der Waals surface area (Å²) in [7, 11) is 0. The van der Waals surface area contributed by atoms with Gasteiger partial charge in [-0.15, -0.1) is 11.8 Å². The lowest BCUT2D eigenvalue weighted by atomic mass is 10.1. The number of aromatic nitrogens is 1. The SMILES string of the molecule is CCSc1nc(C)cc(C)c1C#N. The Labute approximate surface area is 83.0 Å². The van der Waals surface area contributed by atoms with Gasteiger partial charge in [-0.25, -0.2) is 4.98 Å². The number of nitrogens with zero attached hydrogens (tertiary/aromatic N) is 2. The van der Waals surface area contributed by atoms with Crippen LogP contribution in [0, 0.1) is 25.2 Å². The fourth-order valence-electron chi connectivity index (χ4n) is 1.18. The highest BCUT2D eigenvalue weighted by molar-refractivity contribution is 7.99. The molecule has 0 fully saturated rings. The molecule has 1 rings (SSSR count). The van der Waals surface area contributed by atoms with Crippen LogP contribution in [0.1, 0.15) is 23.7 Å². The first kappa shape index (κ1) is 10.1. The minimum absolute atomic E-state index is 0.720. The van der Waals surface area contributed by atoms with E-state index in [0.717, 1.165) is 27.6 Å². The number of hydrogen-bond donors (Lipinski definition) is 0. The van der Waals surface area contributed by atoms with Crippen LogP contribution in [0.4, 0.5) is 0 Å². The number of hydrogen-bond acceptors (Lipinski definition) is 3. The van der Waals surface area contributed by atoms with E-state index in [4.69, 9.17) is 5.26 Å². The Hall–Kier alpha value is -1.01. The molecule has 0 saturated heterocycles. The van der Waals surface area contributed by atoms with Crippen LogP contribution in [-0.2, 0) is 0 Å². The zero-order chi connectivity index (χ0) is 9.84. The van der Waals surface area contributed by atoms with Crippen LogP contribution in [0.2, 0.25) is 0 Å². The summed E-state index contributed by atoms with van der Waals surface area (Å²) in [5, 5.41) is 9.78. The summed E-state index contributed by atoms with van der Waals surface area (Å²) < 4.78 is 0. The van der Waals surface area contributed by atoms with Crippen molar-refractivity contribution in [1.82, 2.24) is 4.98 Å². The van der Waals surface area contributed by atoms with E-state index in [1.54, 1.807) is 11.8 Å². The zero-order valence-corrected chi connectivity index (χ0v) is 8.90. The summed E-state index contributed by atoms with van der Waals surface area (Å²) in [6.45, 7) is 5.96. The fourth-order valence-corrected chi connectivity index (χ4v) is 2.01. The average Bonchev–Trinajstić information content (AvgIpc) is 2.04.